The monoisotopic (exact) mass is 499 g/mol. The average Bonchev–Trinajstić information content (AvgIpc) is 3.49. The maximum Gasteiger partial charge on any atom is 0.254 e. The van der Waals surface area contributed by atoms with Crippen LogP contribution in [0.25, 0.3) is 0 Å². The largest absolute Gasteiger partial charge is 0.376 e. The first kappa shape index (κ1) is 25.1. The highest BCUT2D eigenvalue weighted by Crippen LogP contribution is 2.23. The zero-order valence-electron chi connectivity index (χ0n) is 20.0. The van der Waals surface area contributed by atoms with Gasteiger partial charge in [0.05, 0.1) is 36.8 Å². The lowest BCUT2D eigenvalue weighted by molar-refractivity contribution is 0.0740. The van der Waals surface area contributed by atoms with E-state index in [2.05, 4.69) is 4.98 Å². The Morgan fingerprint density at radius 3 is 2.60 bits per heavy atom. The number of carbonyl (C=O) groups excluding carboxylic acids is 1. The van der Waals surface area contributed by atoms with Crippen molar-refractivity contribution < 1.29 is 22.3 Å². The maximum absolute atomic E-state index is 13.4. The molecule has 0 unspecified atom stereocenters. The Hall–Kier alpha value is -3.04. The maximum atomic E-state index is 13.4. The topological polar surface area (TPSA) is 81.5 Å². The van der Waals surface area contributed by atoms with Crippen LogP contribution in [0.1, 0.15) is 46.9 Å². The van der Waals surface area contributed by atoms with Crippen molar-refractivity contribution in [2.45, 2.75) is 56.8 Å². The number of ether oxygens (including phenoxy) is 1. The quantitative estimate of drug-likeness (QED) is 0.442. The molecule has 0 N–H and O–H groups in total. The molecule has 4 rings (SSSR count). The Balaban J connectivity index is 1.65. The molecule has 7 nitrogen and oxygen atoms in total. The SMILES string of the molecule is CCN(Cc1cnc(S(=O)(=O)Cc2ccc(F)cc2)n1C[C@H]1CCCO1)C(=O)c1ccccc1C. The second-order valence-electron chi connectivity index (χ2n) is 8.80. The summed E-state index contributed by atoms with van der Waals surface area (Å²) in [6.07, 6.45) is 3.15. The summed E-state index contributed by atoms with van der Waals surface area (Å²) in [5.41, 5.74) is 2.60. The van der Waals surface area contributed by atoms with Crippen molar-refractivity contribution in [2.24, 2.45) is 0 Å². The number of rotatable bonds is 9. The van der Waals surface area contributed by atoms with Crippen LogP contribution in [0.2, 0.25) is 0 Å². The number of hydrogen-bond acceptors (Lipinski definition) is 5. The first-order valence-corrected chi connectivity index (χ1v) is 13.4. The number of imidazole rings is 1. The van der Waals surface area contributed by atoms with Crippen molar-refractivity contribution in [2.75, 3.05) is 13.2 Å². The summed E-state index contributed by atoms with van der Waals surface area (Å²) >= 11 is 0. The zero-order chi connectivity index (χ0) is 25.0. The lowest BCUT2D eigenvalue weighted by Gasteiger charge is -2.23. The minimum absolute atomic E-state index is 0.0632. The van der Waals surface area contributed by atoms with Gasteiger partial charge >= 0.3 is 0 Å². The number of hydrogen-bond donors (Lipinski definition) is 0. The molecule has 3 aromatic rings. The van der Waals surface area contributed by atoms with E-state index >= 15 is 0 Å². The predicted octanol–water partition coefficient (Wildman–Crippen LogP) is 4.15. The molecule has 1 aliphatic heterocycles. The number of amides is 1. The van der Waals surface area contributed by atoms with Gasteiger partial charge in [-0.15, -0.1) is 0 Å². The average molecular weight is 500 g/mol. The number of aromatic nitrogens is 2. The summed E-state index contributed by atoms with van der Waals surface area (Å²) in [4.78, 5) is 19.2. The fraction of sp³-hybridized carbons (Fsp3) is 0.385. The highest BCUT2D eigenvalue weighted by Gasteiger charge is 2.28. The zero-order valence-corrected chi connectivity index (χ0v) is 20.8. The highest BCUT2D eigenvalue weighted by atomic mass is 32.2. The van der Waals surface area contributed by atoms with Crippen LogP contribution >= 0.6 is 0 Å². The lowest BCUT2D eigenvalue weighted by atomic mass is 10.1. The van der Waals surface area contributed by atoms with E-state index in [1.165, 1.54) is 30.5 Å². The van der Waals surface area contributed by atoms with Gasteiger partial charge in [-0.05, 0) is 56.0 Å². The molecular weight excluding hydrogens is 469 g/mol. The molecule has 35 heavy (non-hydrogen) atoms. The molecule has 0 radical (unpaired) electrons. The molecule has 1 aliphatic rings. The molecule has 1 amide bonds. The Bertz CT molecular complexity index is 1280. The molecule has 1 fully saturated rings. The molecule has 9 heteroatoms. The number of benzene rings is 2. The molecule has 1 atom stereocenters. The van der Waals surface area contributed by atoms with E-state index in [0.717, 1.165) is 18.4 Å². The van der Waals surface area contributed by atoms with E-state index in [4.69, 9.17) is 4.74 Å². The van der Waals surface area contributed by atoms with Gasteiger partial charge in [-0.25, -0.2) is 17.8 Å². The van der Waals surface area contributed by atoms with Crippen LogP contribution in [0.3, 0.4) is 0 Å². The van der Waals surface area contributed by atoms with Crippen LogP contribution in [0.4, 0.5) is 4.39 Å². The smallest absolute Gasteiger partial charge is 0.254 e. The fourth-order valence-corrected chi connectivity index (χ4v) is 5.83. The first-order chi connectivity index (χ1) is 16.8. The third-order valence-electron chi connectivity index (χ3n) is 6.26. The summed E-state index contributed by atoms with van der Waals surface area (Å²) in [7, 11) is -3.83. The van der Waals surface area contributed by atoms with Crippen molar-refractivity contribution in [3.63, 3.8) is 0 Å². The van der Waals surface area contributed by atoms with E-state index in [0.29, 0.717) is 36.5 Å². The summed E-state index contributed by atoms with van der Waals surface area (Å²) in [6.45, 7) is 5.43. The van der Waals surface area contributed by atoms with E-state index < -0.39 is 15.7 Å². The number of sulfone groups is 1. The van der Waals surface area contributed by atoms with Gasteiger partial charge in [-0.1, -0.05) is 30.3 Å². The summed E-state index contributed by atoms with van der Waals surface area (Å²) in [5, 5.41) is -0.0632. The van der Waals surface area contributed by atoms with Gasteiger partial charge in [0.2, 0.25) is 15.0 Å². The lowest BCUT2D eigenvalue weighted by Crippen LogP contribution is -2.32. The van der Waals surface area contributed by atoms with E-state index in [1.807, 2.05) is 32.0 Å². The number of nitrogens with zero attached hydrogens (tertiary/aromatic N) is 3. The molecule has 2 heterocycles. The number of halogens is 1. The van der Waals surface area contributed by atoms with Gasteiger partial charge in [0.1, 0.15) is 5.82 Å². The second kappa shape index (κ2) is 10.7. The minimum atomic E-state index is -3.83. The highest BCUT2D eigenvalue weighted by molar-refractivity contribution is 7.90. The molecular formula is C26H30FN3O4S. The Morgan fingerprint density at radius 1 is 1.20 bits per heavy atom. The third-order valence-corrected chi connectivity index (χ3v) is 7.85. The van der Waals surface area contributed by atoms with Crippen molar-refractivity contribution in [1.29, 1.82) is 0 Å². The predicted molar refractivity (Wildman–Crippen MR) is 130 cm³/mol. The van der Waals surface area contributed by atoms with Gasteiger partial charge in [0.25, 0.3) is 5.91 Å². The van der Waals surface area contributed by atoms with Gasteiger partial charge in [0, 0.05) is 18.7 Å². The van der Waals surface area contributed by atoms with Crippen LogP contribution in [-0.4, -0.2) is 48.0 Å². The number of aryl methyl sites for hydroxylation is 1. The van der Waals surface area contributed by atoms with Crippen LogP contribution < -0.4 is 0 Å². The van der Waals surface area contributed by atoms with E-state index in [1.54, 1.807) is 15.5 Å². The molecule has 0 spiro atoms. The van der Waals surface area contributed by atoms with Crippen molar-refractivity contribution in [1.82, 2.24) is 14.5 Å². The third kappa shape index (κ3) is 5.79. The van der Waals surface area contributed by atoms with Crippen LogP contribution in [0.5, 0.6) is 0 Å². The van der Waals surface area contributed by atoms with Gasteiger partial charge < -0.3 is 14.2 Å². The van der Waals surface area contributed by atoms with E-state index in [9.17, 15) is 17.6 Å². The van der Waals surface area contributed by atoms with Crippen LogP contribution in [0, 0.1) is 12.7 Å². The van der Waals surface area contributed by atoms with Gasteiger partial charge in [0.15, 0.2) is 0 Å². The standard InChI is InChI=1S/C26H30FN3O4S/c1-3-29(25(31)24-9-5-4-7-19(24)2)16-22-15-28-26(30(22)17-23-8-6-14-34-23)35(32,33)18-20-10-12-21(27)13-11-20/h4-5,7,9-13,15,23H,3,6,8,14,16-18H2,1-2H3/t23-/m1/s1. The first-order valence-electron chi connectivity index (χ1n) is 11.8. The van der Waals surface area contributed by atoms with Crippen LogP contribution in [0.15, 0.2) is 59.9 Å². The van der Waals surface area contributed by atoms with Crippen molar-refractivity contribution in [3.05, 3.63) is 82.9 Å². The molecule has 2 aromatic carbocycles. The fourth-order valence-electron chi connectivity index (χ4n) is 4.32. The van der Waals surface area contributed by atoms with Crippen molar-refractivity contribution >= 4 is 15.7 Å². The summed E-state index contributed by atoms with van der Waals surface area (Å²) in [6, 6.07) is 12.8. The summed E-state index contributed by atoms with van der Waals surface area (Å²) in [5.74, 6) is -0.841. The Kier molecular flexibility index (Phi) is 7.66. The van der Waals surface area contributed by atoms with E-state index in [-0.39, 0.29) is 29.5 Å². The molecule has 0 aliphatic carbocycles. The molecule has 0 saturated carbocycles. The molecule has 0 bridgehead atoms. The van der Waals surface area contributed by atoms with Crippen LogP contribution in [-0.2, 0) is 33.4 Å². The van der Waals surface area contributed by atoms with Gasteiger partial charge in [-0.2, -0.15) is 0 Å². The molecule has 1 saturated heterocycles. The number of carbonyl (C=O) groups is 1. The Morgan fingerprint density at radius 2 is 1.94 bits per heavy atom. The summed E-state index contributed by atoms with van der Waals surface area (Å²) < 4.78 is 47.4. The minimum Gasteiger partial charge on any atom is -0.376 e. The normalized spacial score (nSPS) is 15.9. The molecule has 186 valence electrons. The second-order valence-corrected chi connectivity index (χ2v) is 10.7. The van der Waals surface area contributed by atoms with Crippen molar-refractivity contribution in [3.8, 4) is 0 Å². The van der Waals surface area contributed by atoms with Gasteiger partial charge in [-0.3, -0.25) is 4.79 Å². The molecule has 1 aromatic heterocycles. The Labute approximate surface area is 205 Å².